The van der Waals surface area contributed by atoms with E-state index in [-0.39, 0.29) is 11.7 Å². The van der Waals surface area contributed by atoms with Gasteiger partial charge in [-0.15, -0.1) is 0 Å². The van der Waals surface area contributed by atoms with Crippen LogP contribution >= 0.6 is 11.6 Å². The van der Waals surface area contributed by atoms with E-state index in [0.29, 0.717) is 22.9 Å². The van der Waals surface area contributed by atoms with Gasteiger partial charge in [0.15, 0.2) is 0 Å². The molecule has 6 heteroatoms. The summed E-state index contributed by atoms with van der Waals surface area (Å²) in [6, 6.07) is 19.3. The van der Waals surface area contributed by atoms with Gasteiger partial charge >= 0.3 is 0 Å². The maximum Gasteiger partial charge on any atom is 0.253 e. The molecule has 0 unspecified atom stereocenters. The highest BCUT2D eigenvalue weighted by molar-refractivity contribution is 6.31. The minimum Gasteiger partial charge on any atom is -0.348 e. The van der Waals surface area contributed by atoms with Crippen molar-refractivity contribution in [3.63, 3.8) is 0 Å². The number of carbonyl (C=O) groups excluding carboxylic acids is 1. The normalized spacial score (nSPS) is 10.8. The largest absolute Gasteiger partial charge is 0.348 e. The molecule has 0 aliphatic rings. The maximum atomic E-state index is 13.1. The lowest BCUT2D eigenvalue weighted by Crippen LogP contribution is -2.23. The van der Waals surface area contributed by atoms with E-state index in [1.54, 1.807) is 18.3 Å². The van der Waals surface area contributed by atoms with Crippen molar-refractivity contribution >= 4 is 39.8 Å². The Balaban J connectivity index is 1.60. The molecule has 0 aliphatic carbocycles. The number of nitrogens with one attached hydrogen (secondary N) is 2. The zero-order valence-electron chi connectivity index (χ0n) is 16.2. The molecule has 0 fully saturated rings. The van der Waals surface area contributed by atoms with E-state index in [4.69, 9.17) is 11.6 Å². The average Bonchev–Trinajstić information content (AvgIpc) is 2.76. The summed E-state index contributed by atoms with van der Waals surface area (Å²) in [6.45, 7) is 2.24. The Hall–Kier alpha value is -3.44. The molecular formula is C24H19ClFN3O. The van der Waals surface area contributed by atoms with Crippen molar-refractivity contribution in [1.29, 1.82) is 0 Å². The van der Waals surface area contributed by atoms with Crippen LogP contribution in [0.4, 0.5) is 15.9 Å². The number of aromatic nitrogens is 1. The molecule has 4 aromatic rings. The molecule has 0 bridgehead atoms. The quantitative estimate of drug-likeness (QED) is 0.416. The minimum atomic E-state index is -0.307. The SMILES string of the molecule is Cc1ccc(Nc2ncc(C(=O)NCc3ccc(F)cc3)c3ccccc23)cc1Cl. The molecule has 3 aromatic carbocycles. The second-order valence-corrected chi connectivity index (χ2v) is 7.37. The Morgan fingerprint density at radius 3 is 2.50 bits per heavy atom. The number of carbonyl (C=O) groups is 1. The van der Waals surface area contributed by atoms with Crippen molar-refractivity contribution in [2.45, 2.75) is 13.5 Å². The van der Waals surface area contributed by atoms with E-state index < -0.39 is 0 Å². The van der Waals surface area contributed by atoms with Crippen LogP contribution in [-0.4, -0.2) is 10.9 Å². The van der Waals surface area contributed by atoms with E-state index in [2.05, 4.69) is 15.6 Å². The molecule has 150 valence electrons. The molecule has 4 nitrogen and oxygen atoms in total. The third kappa shape index (κ3) is 4.26. The van der Waals surface area contributed by atoms with Crippen LogP contribution in [0, 0.1) is 12.7 Å². The van der Waals surface area contributed by atoms with Gasteiger partial charge in [-0.1, -0.05) is 54.1 Å². The van der Waals surface area contributed by atoms with E-state index >= 15 is 0 Å². The van der Waals surface area contributed by atoms with Crippen LogP contribution in [0.5, 0.6) is 0 Å². The number of hydrogen-bond donors (Lipinski definition) is 2. The zero-order chi connectivity index (χ0) is 21.1. The first-order valence-electron chi connectivity index (χ1n) is 9.45. The smallest absolute Gasteiger partial charge is 0.253 e. The van der Waals surface area contributed by atoms with Gasteiger partial charge in [0.1, 0.15) is 11.6 Å². The molecule has 0 saturated carbocycles. The highest BCUT2D eigenvalue weighted by Crippen LogP contribution is 2.28. The summed E-state index contributed by atoms with van der Waals surface area (Å²) >= 11 is 6.22. The Bertz CT molecular complexity index is 1230. The fourth-order valence-corrected chi connectivity index (χ4v) is 3.34. The van der Waals surface area contributed by atoms with Crippen molar-refractivity contribution in [2.24, 2.45) is 0 Å². The molecule has 4 rings (SSSR count). The highest BCUT2D eigenvalue weighted by Gasteiger charge is 2.14. The fraction of sp³-hybridized carbons (Fsp3) is 0.0833. The minimum absolute atomic E-state index is 0.243. The van der Waals surface area contributed by atoms with Gasteiger partial charge in [0.05, 0.1) is 5.56 Å². The number of halogens is 2. The molecule has 0 aliphatic heterocycles. The van der Waals surface area contributed by atoms with Gasteiger partial charge in [0, 0.05) is 28.8 Å². The van der Waals surface area contributed by atoms with Gasteiger partial charge in [-0.25, -0.2) is 9.37 Å². The zero-order valence-corrected chi connectivity index (χ0v) is 17.0. The fourth-order valence-electron chi connectivity index (χ4n) is 3.16. The highest BCUT2D eigenvalue weighted by atomic mass is 35.5. The Kier molecular flexibility index (Phi) is 5.63. The second-order valence-electron chi connectivity index (χ2n) is 6.96. The van der Waals surface area contributed by atoms with E-state index in [1.165, 1.54) is 12.1 Å². The molecule has 0 spiro atoms. The van der Waals surface area contributed by atoms with Gasteiger partial charge in [0.2, 0.25) is 0 Å². The van der Waals surface area contributed by atoms with Crippen LogP contribution in [0.15, 0.2) is 72.9 Å². The number of aryl methyl sites for hydroxylation is 1. The number of rotatable bonds is 5. The van der Waals surface area contributed by atoms with Gasteiger partial charge in [-0.2, -0.15) is 0 Å². The van der Waals surface area contributed by atoms with Crippen LogP contribution in [-0.2, 0) is 6.54 Å². The molecule has 1 heterocycles. The predicted octanol–water partition coefficient (Wildman–Crippen LogP) is 6.01. The monoisotopic (exact) mass is 419 g/mol. The number of anilines is 2. The van der Waals surface area contributed by atoms with Crippen LogP contribution in [0.3, 0.4) is 0 Å². The molecule has 2 N–H and O–H groups in total. The molecule has 0 atom stereocenters. The lowest BCUT2D eigenvalue weighted by molar-refractivity contribution is 0.0952. The van der Waals surface area contributed by atoms with Crippen molar-refractivity contribution in [3.8, 4) is 0 Å². The van der Waals surface area contributed by atoms with Gasteiger partial charge in [-0.05, 0) is 47.7 Å². The maximum absolute atomic E-state index is 13.1. The number of nitrogens with zero attached hydrogens (tertiary/aromatic N) is 1. The lowest BCUT2D eigenvalue weighted by Gasteiger charge is -2.13. The third-order valence-corrected chi connectivity index (χ3v) is 5.25. The van der Waals surface area contributed by atoms with E-state index in [9.17, 15) is 9.18 Å². The number of hydrogen-bond acceptors (Lipinski definition) is 3. The van der Waals surface area contributed by atoms with Gasteiger partial charge in [0.25, 0.3) is 5.91 Å². The molecule has 1 amide bonds. The Morgan fingerprint density at radius 1 is 1.03 bits per heavy atom. The van der Waals surface area contributed by atoms with Crippen molar-refractivity contribution in [3.05, 3.63) is 100 Å². The number of amides is 1. The van der Waals surface area contributed by atoms with E-state index in [0.717, 1.165) is 27.6 Å². The topological polar surface area (TPSA) is 54.0 Å². The van der Waals surface area contributed by atoms with Crippen LogP contribution in [0.25, 0.3) is 10.8 Å². The summed E-state index contributed by atoms with van der Waals surface area (Å²) in [4.78, 5) is 17.3. The molecular weight excluding hydrogens is 401 g/mol. The van der Waals surface area contributed by atoms with Crippen molar-refractivity contribution in [2.75, 3.05) is 5.32 Å². The lowest BCUT2D eigenvalue weighted by atomic mass is 10.1. The standard InChI is InChI=1S/C24H19ClFN3O/c1-15-6-11-18(12-22(15)25)29-23-20-5-3-2-4-19(20)21(14-27-23)24(30)28-13-16-7-9-17(26)10-8-16/h2-12,14H,13H2,1H3,(H,27,29)(H,28,30). The summed E-state index contributed by atoms with van der Waals surface area (Å²) in [6.07, 6.45) is 1.56. The van der Waals surface area contributed by atoms with Crippen molar-refractivity contribution < 1.29 is 9.18 Å². The second kappa shape index (κ2) is 8.51. The Morgan fingerprint density at radius 2 is 1.77 bits per heavy atom. The molecule has 0 saturated heterocycles. The molecule has 1 aromatic heterocycles. The summed E-state index contributed by atoms with van der Waals surface area (Å²) < 4.78 is 13.1. The van der Waals surface area contributed by atoms with Crippen LogP contribution in [0.2, 0.25) is 5.02 Å². The average molecular weight is 420 g/mol. The van der Waals surface area contributed by atoms with E-state index in [1.807, 2.05) is 49.4 Å². The van der Waals surface area contributed by atoms with Crippen molar-refractivity contribution in [1.82, 2.24) is 10.3 Å². The first kappa shape index (κ1) is 19.9. The first-order valence-corrected chi connectivity index (χ1v) is 9.82. The summed E-state index contributed by atoms with van der Waals surface area (Å²) in [5.74, 6) is 0.0896. The molecule has 30 heavy (non-hydrogen) atoms. The Labute approximate surface area is 178 Å². The summed E-state index contributed by atoms with van der Waals surface area (Å²) in [7, 11) is 0. The summed E-state index contributed by atoms with van der Waals surface area (Å²) in [5.41, 5.74) is 3.10. The van der Waals surface area contributed by atoms with Crippen LogP contribution in [0.1, 0.15) is 21.5 Å². The number of pyridine rings is 1. The van der Waals surface area contributed by atoms with Crippen LogP contribution < -0.4 is 10.6 Å². The summed E-state index contributed by atoms with van der Waals surface area (Å²) in [5, 5.41) is 8.42. The predicted molar refractivity (Wildman–Crippen MR) is 119 cm³/mol. The van der Waals surface area contributed by atoms with Gasteiger partial charge in [-0.3, -0.25) is 4.79 Å². The first-order chi connectivity index (χ1) is 14.5. The molecule has 0 radical (unpaired) electrons. The number of fused-ring (bicyclic) bond motifs is 1. The third-order valence-electron chi connectivity index (χ3n) is 4.84. The number of benzene rings is 3. The van der Waals surface area contributed by atoms with Gasteiger partial charge < -0.3 is 10.6 Å².